The van der Waals surface area contributed by atoms with Crippen LogP contribution >= 0.6 is 11.8 Å². The lowest BCUT2D eigenvalue weighted by Crippen LogP contribution is -2.03. The van der Waals surface area contributed by atoms with E-state index in [1.807, 2.05) is 13.2 Å². The fourth-order valence-electron chi connectivity index (χ4n) is 1.02. The van der Waals surface area contributed by atoms with Gasteiger partial charge in [-0.25, -0.2) is 0 Å². The summed E-state index contributed by atoms with van der Waals surface area (Å²) in [5.41, 5.74) is 1.01. The summed E-state index contributed by atoms with van der Waals surface area (Å²) < 4.78 is 1.77. The molecule has 0 unspecified atom stereocenters. The molecule has 1 aromatic rings. The summed E-state index contributed by atoms with van der Waals surface area (Å²) in [6.45, 7) is 0.924. The molecule has 4 nitrogen and oxygen atoms in total. The number of anilines is 1. The second-order valence-corrected chi connectivity index (χ2v) is 3.65. The third-order valence-corrected chi connectivity index (χ3v) is 2.43. The molecule has 0 aliphatic carbocycles. The molecule has 0 saturated heterocycles. The van der Waals surface area contributed by atoms with E-state index in [1.54, 1.807) is 22.6 Å². The molecule has 1 aliphatic rings. The Morgan fingerprint density at radius 1 is 1.67 bits per heavy atom. The highest BCUT2D eigenvalue weighted by Crippen LogP contribution is 2.14. The second-order valence-electron chi connectivity index (χ2n) is 2.56. The largest absolute Gasteiger partial charge is 0.332 e. The molecule has 2 rings (SSSR count). The molecule has 0 bridgehead atoms. The summed E-state index contributed by atoms with van der Waals surface area (Å²) in [6, 6.07) is 0. The Balaban J connectivity index is 2.03. The van der Waals surface area contributed by atoms with E-state index in [2.05, 4.69) is 15.4 Å². The van der Waals surface area contributed by atoms with E-state index in [4.69, 9.17) is 0 Å². The molecule has 0 saturated carbocycles. The van der Waals surface area contributed by atoms with Crippen molar-refractivity contribution in [2.45, 2.75) is 0 Å². The highest BCUT2D eigenvalue weighted by Gasteiger charge is 2.06. The summed E-state index contributed by atoms with van der Waals surface area (Å²) in [7, 11) is 1.90. The minimum atomic E-state index is 0.924. The predicted octanol–water partition coefficient (Wildman–Crippen LogP) is 0.935. The average Bonchev–Trinajstić information content (AvgIpc) is 2.63. The number of hydrogen-bond acceptors (Lipinski definition) is 4. The molecule has 5 heteroatoms. The van der Waals surface area contributed by atoms with Gasteiger partial charge in [0.2, 0.25) is 0 Å². The van der Waals surface area contributed by atoms with Gasteiger partial charge in [-0.3, -0.25) is 9.67 Å². The number of rotatable bonds is 1. The van der Waals surface area contributed by atoms with Gasteiger partial charge < -0.3 is 5.32 Å². The first-order valence-electron chi connectivity index (χ1n) is 3.77. The third-order valence-electron chi connectivity index (χ3n) is 1.54. The van der Waals surface area contributed by atoms with Crippen molar-refractivity contribution in [1.29, 1.82) is 0 Å². The van der Waals surface area contributed by atoms with Crippen LogP contribution < -0.4 is 5.32 Å². The number of aromatic nitrogens is 2. The van der Waals surface area contributed by atoms with Crippen LogP contribution in [0.4, 0.5) is 5.69 Å². The average molecular weight is 182 g/mol. The Morgan fingerprint density at radius 2 is 2.58 bits per heavy atom. The normalized spacial score (nSPS) is 16.2. The predicted molar refractivity (Wildman–Crippen MR) is 51.6 cm³/mol. The van der Waals surface area contributed by atoms with Crippen LogP contribution in [0.25, 0.3) is 0 Å². The number of aryl methyl sites for hydroxylation is 1. The van der Waals surface area contributed by atoms with E-state index in [0.717, 1.165) is 23.2 Å². The fourth-order valence-corrected chi connectivity index (χ4v) is 1.77. The van der Waals surface area contributed by atoms with Crippen molar-refractivity contribution in [2.75, 3.05) is 17.6 Å². The van der Waals surface area contributed by atoms with E-state index in [-0.39, 0.29) is 0 Å². The quantitative estimate of drug-likeness (QED) is 0.702. The van der Waals surface area contributed by atoms with Crippen molar-refractivity contribution < 1.29 is 0 Å². The first-order chi connectivity index (χ1) is 5.84. The Hall–Kier alpha value is -0.970. The molecule has 12 heavy (non-hydrogen) atoms. The first-order valence-corrected chi connectivity index (χ1v) is 4.76. The Kier molecular flexibility index (Phi) is 2.03. The maximum atomic E-state index is 4.27. The highest BCUT2D eigenvalue weighted by atomic mass is 32.2. The number of nitrogens with one attached hydrogen (secondary N) is 1. The standard InChI is InChI=1S/C7H10N4S/c1-11-5-6(4-9-11)10-7-8-2-3-12-7/h4-5H,2-3H2,1H3,(H,8,10). The monoisotopic (exact) mass is 182 g/mol. The molecule has 1 N–H and O–H groups in total. The number of aliphatic imine (C=N–C) groups is 1. The molecule has 1 aromatic heterocycles. The number of thioether (sulfide) groups is 1. The van der Waals surface area contributed by atoms with Gasteiger partial charge in [-0.2, -0.15) is 5.10 Å². The highest BCUT2D eigenvalue weighted by molar-refractivity contribution is 8.14. The van der Waals surface area contributed by atoms with Crippen molar-refractivity contribution in [3.8, 4) is 0 Å². The smallest absolute Gasteiger partial charge is 0.161 e. The molecule has 0 spiro atoms. The van der Waals surface area contributed by atoms with Crippen molar-refractivity contribution in [3.05, 3.63) is 12.4 Å². The van der Waals surface area contributed by atoms with Gasteiger partial charge in [0.25, 0.3) is 0 Å². The van der Waals surface area contributed by atoms with Crippen LogP contribution in [0, 0.1) is 0 Å². The van der Waals surface area contributed by atoms with E-state index in [9.17, 15) is 0 Å². The molecule has 0 amide bonds. The van der Waals surface area contributed by atoms with Gasteiger partial charge in [-0.05, 0) is 0 Å². The van der Waals surface area contributed by atoms with E-state index in [0.29, 0.717) is 0 Å². The minimum Gasteiger partial charge on any atom is -0.332 e. The summed E-state index contributed by atoms with van der Waals surface area (Å²) in [6.07, 6.45) is 3.72. The van der Waals surface area contributed by atoms with Crippen LogP contribution in [-0.2, 0) is 7.05 Å². The van der Waals surface area contributed by atoms with Crippen LogP contribution in [-0.4, -0.2) is 27.2 Å². The third kappa shape index (κ3) is 1.61. The van der Waals surface area contributed by atoms with Gasteiger partial charge in [0, 0.05) is 19.0 Å². The fraction of sp³-hybridized carbons (Fsp3) is 0.429. The Bertz CT molecular complexity index is 304. The van der Waals surface area contributed by atoms with Gasteiger partial charge in [0.15, 0.2) is 5.17 Å². The van der Waals surface area contributed by atoms with Gasteiger partial charge in [-0.1, -0.05) is 11.8 Å². The summed E-state index contributed by atoms with van der Waals surface area (Å²) in [5.74, 6) is 1.09. The van der Waals surface area contributed by atoms with Crippen molar-refractivity contribution in [1.82, 2.24) is 9.78 Å². The van der Waals surface area contributed by atoms with Crippen molar-refractivity contribution in [2.24, 2.45) is 12.0 Å². The lowest BCUT2D eigenvalue weighted by Gasteiger charge is -1.98. The molecular formula is C7H10N4S. The van der Waals surface area contributed by atoms with Crippen LogP contribution in [0.2, 0.25) is 0 Å². The van der Waals surface area contributed by atoms with Crippen LogP contribution in [0.15, 0.2) is 17.4 Å². The minimum absolute atomic E-state index is 0.924. The Morgan fingerprint density at radius 3 is 3.17 bits per heavy atom. The van der Waals surface area contributed by atoms with Gasteiger partial charge >= 0.3 is 0 Å². The van der Waals surface area contributed by atoms with Crippen molar-refractivity contribution >= 4 is 22.6 Å². The van der Waals surface area contributed by atoms with E-state index >= 15 is 0 Å². The first kappa shape index (κ1) is 7.67. The van der Waals surface area contributed by atoms with Crippen molar-refractivity contribution in [3.63, 3.8) is 0 Å². The molecule has 0 radical (unpaired) electrons. The van der Waals surface area contributed by atoms with E-state index < -0.39 is 0 Å². The second kappa shape index (κ2) is 3.18. The maximum Gasteiger partial charge on any atom is 0.161 e. The maximum absolute atomic E-state index is 4.27. The van der Waals surface area contributed by atoms with Gasteiger partial charge in [0.1, 0.15) is 0 Å². The molecule has 0 fully saturated rings. The zero-order valence-electron chi connectivity index (χ0n) is 6.82. The number of hydrogen-bond donors (Lipinski definition) is 1. The number of amidine groups is 1. The zero-order valence-corrected chi connectivity index (χ0v) is 7.64. The molecular weight excluding hydrogens is 172 g/mol. The Labute approximate surface area is 75.1 Å². The SMILES string of the molecule is Cn1cc(NC2=NCCS2)cn1. The van der Waals surface area contributed by atoms with E-state index in [1.165, 1.54) is 0 Å². The molecule has 2 heterocycles. The molecule has 0 atom stereocenters. The lowest BCUT2D eigenvalue weighted by molar-refractivity contribution is 0.768. The van der Waals surface area contributed by atoms with Crippen LogP contribution in [0.5, 0.6) is 0 Å². The lowest BCUT2D eigenvalue weighted by atomic mass is 10.6. The molecule has 0 aromatic carbocycles. The number of nitrogens with zero attached hydrogens (tertiary/aromatic N) is 3. The summed E-state index contributed by atoms with van der Waals surface area (Å²) >= 11 is 1.75. The van der Waals surface area contributed by atoms with Crippen LogP contribution in [0.1, 0.15) is 0 Å². The van der Waals surface area contributed by atoms with Gasteiger partial charge in [-0.15, -0.1) is 0 Å². The molecule has 64 valence electrons. The molecule has 1 aliphatic heterocycles. The zero-order chi connectivity index (χ0) is 8.39. The topological polar surface area (TPSA) is 42.2 Å². The van der Waals surface area contributed by atoms with Gasteiger partial charge in [0.05, 0.1) is 18.4 Å². The van der Waals surface area contributed by atoms with Crippen LogP contribution in [0.3, 0.4) is 0 Å². The summed E-state index contributed by atoms with van der Waals surface area (Å²) in [4.78, 5) is 4.27. The summed E-state index contributed by atoms with van der Waals surface area (Å²) in [5, 5.41) is 8.24.